The molecule has 0 bridgehead atoms. The van der Waals surface area contributed by atoms with Crippen LogP contribution in [0.5, 0.6) is 5.75 Å². The van der Waals surface area contributed by atoms with Crippen LogP contribution in [0.15, 0.2) is 36.4 Å². The first-order valence-corrected chi connectivity index (χ1v) is 10.8. The van der Waals surface area contributed by atoms with Crippen LogP contribution in [0.25, 0.3) is 5.57 Å². The summed E-state index contributed by atoms with van der Waals surface area (Å²) < 4.78 is 70.2. The van der Waals surface area contributed by atoms with Crippen LogP contribution >= 0.6 is 0 Å². The third kappa shape index (κ3) is 4.94. The zero-order valence-electron chi connectivity index (χ0n) is 17.4. The van der Waals surface area contributed by atoms with Crippen molar-refractivity contribution in [1.29, 1.82) is 0 Å². The molecule has 1 fully saturated rings. The van der Waals surface area contributed by atoms with E-state index in [1.807, 2.05) is 6.07 Å². The lowest BCUT2D eigenvalue weighted by atomic mass is 9.77. The summed E-state index contributed by atoms with van der Waals surface area (Å²) in [6.45, 7) is 2.21. The second kappa shape index (κ2) is 8.64. The lowest BCUT2D eigenvalue weighted by molar-refractivity contribution is -0.275. The molecule has 31 heavy (non-hydrogen) atoms. The summed E-state index contributed by atoms with van der Waals surface area (Å²) in [6.07, 6.45) is 3.10. The van der Waals surface area contributed by atoms with Gasteiger partial charge in [0.2, 0.25) is 0 Å². The molecular weight excluding hydrogens is 411 g/mol. The van der Waals surface area contributed by atoms with Gasteiger partial charge in [-0.15, -0.1) is 13.2 Å². The van der Waals surface area contributed by atoms with Gasteiger partial charge >= 0.3 is 6.36 Å². The number of benzene rings is 2. The molecule has 2 aliphatic rings. The molecule has 0 amide bonds. The van der Waals surface area contributed by atoms with Crippen molar-refractivity contribution in [1.82, 2.24) is 0 Å². The molecule has 0 radical (unpaired) electrons. The van der Waals surface area contributed by atoms with E-state index in [9.17, 15) is 22.0 Å². The van der Waals surface area contributed by atoms with Crippen LogP contribution in [-0.4, -0.2) is 6.36 Å². The number of allylic oxidation sites excluding steroid dienone is 2. The molecule has 2 aliphatic carbocycles. The Morgan fingerprint density at radius 3 is 2.32 bits per heavy atom. The molecule has 0 unspecified atom stereocenters. The van der Waals surface area contributed by atoms with Crippen molar-refractivity contribution < 1.29 is 26.7 Å². The minimum absolute atomic E-state index is 0.260. The highest BCUT2D eigenvalue weighted by Gasteiger charge is 2.33. The molecule has 0 spiro atoms. The Bertz CT molecular complexity index is 984. The Hall–Kier alpha value is -2.37. The zero-order chi connectivity index (χ0) is 22.2. The normalized spacial score (nSPS) is 21.4. The first-order chi connectivity index (χ1) is 14.7. The van der Waals surface area contributed by atoms with Crippen molar-refractivity contribution in [3.05, 3.63) is 70.3 Å². The van der Waals surface area contributed by atoms with Crippen LogP contribution in [0.3, 0.4) is 0 Å². The van der Waals surface area contributed by atoms with E-state index >= 15 is 0 Å². The second-order valence-corrected chi connectivity index (χ2v) is 8.57. The van der Waals surface area contributed by atoms with Gasteiger partial charge in [0.1, 0.15) is 5.82 Å². The van der Waals surface area contributed by atoms with E-state index in [0.29, 0.717) is 29.0 Å². The van der Waals surface area contributed by atoms with Crippen molar-refractivity contribution in [3.63, 3.8) is 0 Å². The van der Waals surface area contributed by atoms with Gasteiger partial charge in [0.05, 0.1) is 0 Å². The average molecular weight is 436 g/mol. The standard InChI is InChI=1S/C25H25F5O/c1-2-15-3-5-16(6-4-15)17-9-10-21(22(26)12-17)19-8-7-18-14-24(31-25(28,29)30)23(27)13-20(18)11-19/h8-10,12-16H,2-7,11H2,1H3. The summed E-state index contributed by atoms with van der Waals surface area (Å²) in [4.78, 5) is 0. The fraction of sp³-hybridized carbons (Fsp3) is 0.440. The summed E-state index contributed by atoms with van der Waals surface area (Å²) in [5.74, 6) is -1.06. The largest absolute Gasteiger partial charge is 0.573 e. The van der Waals surface area contributed by atoms with Crippen LogP contribution in [0, 0.1) is 17.6 Å². The van der Waals surface area contributed by atoms with E-state index in [4.69, 9.17) is 0 Å². The molecule has 0 aromatic heterocycles. The smallest absolute Gasteiger partial charge is 0.403 e. The molecule has 0 N–H and O–H groups in total. The molecule has 2 aromatic rings. The number of hydrogen-bond donors (Lipinski definition) is 0. The Kier molecular flexibility index (Phi) is 6.09. The molecule has 0 heterocycles. The molecular formula is C25H25F5O. The number of hydrogen-bond acceptors (Lipinski definition) is 1. The molecule has 1 nitrogen and oxygen atoms in total. The fourth-order valence-corrected chi connectivity index (χ4v) is 4.86. The summed E-state index contributed by atoms with van der Waals surface area (Å²) in [6, 6.07) is 7.51. The fourth-order valence-electron chi connectivity index (χ4n) is 4.86. The number of alkyl halides is 3. The van der Waals surface area contributed by atoms with Gasteiger partial charge in [0.15, 0.2) is 11.6 Å². The van der Waals surface area contributed by atoms with Crippen molar-refractivity contribution in [2.45, 2.75) is 64.1 Å². The lowest BCUT2D eigenvalue weighted by Crippen LogP contribution is -2.18. The molecule has 0 aliphatic heterocycles. The Morgan fingerprint density at radius 2 is 1.68 bits per heavy atom. The van der Waals surface area contributed by atoms with Crippen LogP contribution in [0.2, 0.25) is 0 Å². The number of rotatable bonds is 4. The molecule has 4 rings (SSSR count). The van der Waals surface area contributed by atoms with E-state index in [0.717, 1.165) is 42.0 Å². The van der Waals surface area contributed by atoms with Crippen LogP contribution < -0.4 is 4.74 Å². The van der Waals surface area contributed by atoms with Crippen molar-refractivity contribution in [2.24, 2.45) is 5.92 Å². The van der Waals surface area contributed by atoms with Gasteiger partial charge in [-0.05, 0) is 90.8 Å². The number of ether oxygens (including phenoxy) is 1. The van der Waals surface area contributed by atoms with Crippen molar-refractivity contribution in [3.8, 4) is 5.75 Å². The monoisotopic (exact) mass is 436 g/mol. The Morgan fingerprint density at radius 1 is 0.935 bits per heavy atom. The van der Waals surface area contributed by atoms with Crippen LogP contribution in [0.4, 0.5) is 22.0 Å². The Labute approximate surface area is 178 Å². The van der Waals surface area contributed by atoms with Crippen molar-refractivity contribution in [2.75, 3.05) is 0 Å². The molecule has 0 atom stereocenters. The minimum atomic E-state index is -4.95. The van der Waals surface area contributed by atoms with Gasteiger partial charge in [-0.25, -0.2) is 8.78 Å². The molecule has 2 aromatic carbocycles. The van der Waals surface area contributed by atoms with Gasteiger partial charge in [-0.2, -0.15) is 0 Å². The van der Waals surface area contributed by atoms with Gasteiger partial charge in [-0.3, -0.25) is 0 Å². The van der Waals surface area contributed by atoms with Gasteiger partial charge in [0, 0.05) is 5.56 Å². The predicted octanol–water partition coefficient (Wildman–Crippen LogP) is 7.73. The van der Waals surface area contributed by atoms with Gasteiger partial charge in [-0.1, -0.05) is 31.6 Å². The molecule has 0 saturated heterocycles. The van der Waals surface area contributed by atoms with E-state index in [1.54, 1.807) is 18.2 Å². The first-order valence-electron chi connectivity index (χ1n) is 10.8. The summed E-state index contributed by atoms with van der Waals surface area (Å²) in [7, 11) is 0. The SMILES string of the molecule is CCC1CCC(c2ccc(C3=CCc4cc(OC(F)(F)F)c(F)cc4C3)c(F)c2)CC1. The third-order valence-electron chi connectivity index (χ3n) is 6.66. The van der Waals surface area contributed by atoms with E-state index in [2.05, 4.69) is 11.7 Å². The quantitative estimate of drug-likeness (QED) is 0.446. The maximum absolute atomic E-state index is 15.0. The summed E-state index contributed by atoms with van der Waals surface area (Å²) in [5, 5.41) is 0. The Balaban J connectivity index is 1.51. The van der Waals surface area contributed by atoms with E-state index < -0.39 is 17.9 Å². The third-order valence-corrected chi connectivity index (χ3v) is 6.66. The lowest BCUT2D eigenvalue weighted by Gasteiger charge is -2.28. The highest BCUT2D eigenvalue weighted by atomic mass is 19.4. The minimum Gasteiger partial charge on any atom is -0.403 e. The molecule has 6 heteroatoms. The maximum Gasteiger partial charge on any atom is 0.573 e. The highest BCUT2D eigenvalue weighted by molar-refractivity contribution is 5.71. The zero-order valence-corrected chi connectivity index (χ0v) is 17.4. The van der Waals surface area contributed by atoms with Crippen molar-refractivity contribution >= 4 is 5.57 Å². The molecule has 1 saturated carbocycles. The van der Waals surface area contributed by atoms with E-state index in [-0.39, 0.29) is 12.2 Å². The van der Waals surface area contributed by atoms with Crippen LogP contribution in [0.1, 0.15) is 67.2 Å². The highest BCUT2D eigenvalue weighted by Crippen LogP contribution is 2.39. The first kappa shape index (κ1) is 21.8. The van der Waals surface area contributed by atoms with E-state index in [1.165, 1.54) is 19.3 Å². The molecule has 166 valence electrons. The topological polar surface area (TPSA) is 9.23 Å². The number of halogens is 5. The maximum atomic E-state index is 15.0. The van der Waals surface area contributed by atoms with Crippen LogP contribution in [-0.2, 0) is 12.8 Å². The average Bonchev–Trinajstić information content (AvgIpc) is 2.73. The second-order valence-electron chi connectivity index (χ2n) is 8.57. The summed E-state index contributed by atoms with van der Waals surface area (Å²) >= 11 is 0. The van der Waals surface area contributed by atoms with Gasteiger partial charge in [0.25, 0.3) is 0 Å². The summed E-state index contributed by atoms with van der Waals surface area (Å²) in [5.41, 5.74) is 3.30. The number of fused-ring (bicyclic) bond motifs is 1. The van der Waals surface area contributed by atoms with Gasteiger partial charge < -0.3 is 4.74 Å². The predicted molar refractivity (Wildman–Crippen MR) is 110 cm³/mol.